The number of ether oxygens (including phenoxy) is 2. The number of para-hydroxylation sites is 1. The molecule has 2 aromatic rings. The number of methoxy groups -OCH3 is 2. The van der Waals surface area contributed by atoms with Crippen molar-refractivity contribution in [1.82, 2.24) is 4.90 Å². The third kappa shape index (κ3) is 4.03. The number of benzene rings is 2. The summed E-state index contributed by atoms with van der Waals surface area (Å²) in [4.78, 5) is 30.6. The summed E-state index contributed by atoms with van der Waals surface area (Å²) in [6.07, 6.45) is 1.80. The summed E-state index contributed by atoms with van der Waals surface area (Å²) in [5, 5.41) is 0.562. The molecule has 0 spiro atoms. The topological polar surface area (TPSA) is 68.2 Å². The van der Waals surface area contributed by atoms with Gasteiger partial charge in [0.1, 0.15) is 5.75 Å². The van der Waals surface area contributed by atoms with E-state index < -0.39 is 5.97 Å². The Morgan fingerprint density at radius 3 is 2.48 bits per heavy atom. The molecule has 27 heavy (non-hydrogen) atoms. The van der Waals surface area contributed by atoms with Crippen LogP contribution < -0.4 is 4.74 Å². The fraction of sp³-hybridized carbons (Fsp3) is 0.150. The predicted octanol–water partition coefficient (Wildman–Crippen LogP) is 3.72. The summed E-state index contributed by atoms with van der Waals surface area (Å²) < 4.78 is 10.0. The Morgan fingerprint density at radius 2 is 1.81 bits per heavy atom. The van der Waals surface area contributed by atoms with Gasteiger partial charge in [-0.3, -0.25) is 9.69 Å². The first-order chi connectivity index (χ1) is 13.0. The number of rotatable bonds is 4. The Hall–Kier alpha value is -3.06. The van der Waals surface area contributed by atoms with Gasteiger partial charge >= 0.3 is 5.97 Å². The largest absolute Gasteiger partial charge is 0.496 e. The van der Waals surface area contributed by atoms with Crippen LogP contribution >= 0.6 is 11.8 Å². The van der Waals surface area contributed by atoms with Gasteiger partial charge in [-0.05, 0) is 48.2 Å². The van der Waals surface area contributed by atoms with Gasteiger partial charge in [0.15, 0.2) is 5.17 Å². The molecule has 0 atom stereocenters. The SMILES string of the molecule is COC(=O)c1ccc(N=C2S/C(=C/c3ccccc3OC)C(=O)N2C)cc1. The van der Waals surface area contributed by atoms with Crippen LogP contribution in [0.1, 0.15) is 15.9 Å². The number of carbonyl (C=O) groups is 2. The zero-order chi connectivity index (χ0) is 19.4. The number of hydrogen-bond acceptors (Lipinski definition) is 6. The van der Waals surface area contributed by atoms with E-state index in [0.29, 0.717) is 27.1 Å². The molecular weight excluding hydrogens is 364 g/mol. The number of nitrogens with zero attached hydrogens (tertiary/aromatic N) is 2. The van der Waals surface area contributed by atoms with Crippen molar-refractivity contribution in [2.45, 2.75) is 0 Å². The van der Waals surface area contributed by atoms with Crippen LogP contribution in [0, 0.1) is 0 Å². The highest BCUT2D eigenvalue weighted by atomic mass is 32.2. The number of hydrogen-bond donors (Lipinski definition) is 0. The monoisotopic (exact) mass is 382 g/mol. The first-order valence-corrected chi connectivity index (χ1v) is 8.93. The summed E-state index contributed by atoms with van der Waals surface area (Å²) in [7, 11) is 4.61. The first-order valence-electron chi connectivity index (χ1n) is 8.11. The van der Waals surface area contributed by atoms with Crippen molar-refractivity contribution in [1.29, 1.82) is 0 Å². The van der Waals surface area contributed by atoms with Crippen LogP contribution in [0.5, 0.6) is 5.75 Å². The lowest BCUT2D eigenvalue weighted by atomic mass is 10.2. The molecule has 0 aliphatic carbocycles. The average Bonchev–Trinajstić information content (AvgIpc) is 2.96. The number of esters is 1. The maximum atomic E-state index is 12.5. The second-order valence-corrected chi connectivity index (χ2v) is 6.66. The van der Waals surface area contributed by atoms with Gasteiger partial charge in [0, 0.05) is 12.6 Å². The van der Waals surface area contributed by atoms with Crippen molar-refractivity contribution in [3.05, 3.63) is 64.6 Å². The highest BCUT2D eigenvalue weighted by Gasteiger charge is 2.30. The van der Waals surface area contributed by atoms with Gasteiger partial charge in [-0.25, -0.2) is 9.79 Å². The molecule has 1 saturated heterocycles. The number of carbonyl (C=O) groups excluding carboxylic acids is 2. The molecule has 1 aliphatic rings. The Bertz CT molecular complexity index is 935. The zero-order valence-electron chi connectivity index (χ0n) is 15.1. The number of amides is 1. The molecule has 0 N–H and O–H groups in total. The molecule has 0 saturated carbocycles. The van der Waals surface area contributed by atoms with Crippen molar-refractivity contribution in [2.24, 2.45) is 4.99 Å². The summed E-state index contributed by atoms with van der Waals surface area (Å²) in [6.45, 7) is 0. The third-order valence-corrected chi connectivity index (χ3v) is 5.00. The standard InChI is InChI=1S/C20H18N2O4S/c1-22-18(23)17(12-14-6-4-5-7-16(14)25-2)27-20(22)21-15-10-8-13(9-11-15)19(24)26-3/h4-12H,1-3H3/b17-12+,21-20?. The average molecular weight is 382 g/mol. The maximum absolute atomic E-state index is 12.5. The van der Waals surface area contributed by atoms with Crippen molar-refractivity contribution in [2.75, 3.05) is 21.3 Å². The molecule has 0 radical (unpaired) electrons. The molecule has 7 heteroatoms. The van der Waals surface area contributed by atoms with Crippen molar-refractivity contribution in [3.8, 4) is 5.75 Å². The Labute approximate surface area is 161 Å². The smallest absolute Gasteiger partial charge is 0.337 e. The van der Waals surface area contributed by atoms with Crippen LogP contribution in [0.25, 0.3) is 6.08 Å². The van der Waals surface area contributed by atoms with E-state index in [9.17, 15) is 9.59 Å². The lowest BCUT2D eigenvalue weighted by molar-refractivity contribution is -0.121. The van der Waals surface area contributed by atoms with E-state index in [1.807, 2.05) is 24.3 Å². The molecule has 2 aromatic carbocycles. The van der Waals surface area contributed by atoms with Crippen LogP contribution in [0.15, 0.2) is 58.4 Å². The van der Waals surface area contributed by atoms with Gasteiger partial charge < -0.3 is 9.47 Å². The number of aliphatic imine (C=N–C) groups is 1. The van der Waals surface area contributed by atoms with E-state index in [4.69, 9.17) is 4.74 Å². The molecule has 6 nitrogen and oxygen atoms in total. The van der Waals surface area contributed by atoms with Crippen molar-refractivity contribution >= 4 is 40.6 Å². The van der Waals surface area contributed by atoms with E-state index in [2.05, 4.69) is 9.73 Å². The summed E-state index contributed by atoms with van der Waals surface area (Å²) in [5.41, 5.74) is 1.91. The molecule has 1 heterocycles. The van der Waals surface area contributed by atoms with Crippen LogP contribution in [-0.4, -0.2) is 43.2 Å². The lowest BCUT2D eigenvalue weighted by Crippen LogP contribution is -2.23. The van der Waals surface area contributed by atoms with Gasteiger partial charge in [0.25, 0.3) is 5.91 Å². The summed E-state index contributed by atoms with van der Waals surface area (Å²) in [6, 6.07) is 14.2. The maximum Gasteiger partial charge on any atom is 0.337 e. The van der Waals surface area contributed by atoms with Gasteiger partial charge in [-0.15, -0.1) is 0 Å². The molecule has 138 valence electrons. The van der Waals surface area contributed by atoms with Gasteiger partial charge in [0.05, 0.1) is 30.4 Å². The second-order valence-electron chi connectivity index (χ2n) is 5.65. The van der Waals surface area contributed by atoms with Gasteiger partial charge in [0.2, 0.25) is 0 Å². The quantitative estimate of drug-likeness (QED) is 0.596. The van der Waals surface area contributed by atoms with Crippen molar-refractivity contribution < 1.29 is 19.1 Å². The van der Waals surface area contributed by atoms with Crippen LogP contribution in [0.2, 0.25) is 0 Å². The van der Waals surface area contributed by atoms with Gasteiger partial charge in [-0.1, -0.05) is 18.2 Å². The van der Waals surface area contributed by atoms with E-state index in [1.54, 1.807) is 44.5 Å². The molecule has 1 amide bonds. The van der Waals surface area contributed by atoms with Crippen LogP contribution in [0.3, 0.4) is 0 Å². The van der Waals surface area contributed by atoms with Crippen LogP contribution in [-0.2, 0) is 9.53 Å². The van der Waals surface area contributed by atoms with Crippen LogP contribution in [0.4, 0.5) is 5.69 Å². The highest BCUT2D eigenvalue weighted by molar-refractivity contribution is 8.18. The number of thioether (sulfide) groups is 1. The minimum absolute atomic E-state index is 0.129. The third-order valence-electron chi connectivity index (χ3n) is 3.94. The molecule has 0 bridgehead atoms. The lowest BCUT2D eigenvalue weighted by Gasteiger charge is -2.07. The molecule has 1 aliphatic heterocycles. The predicted molar refractivity (Wildman–Crippen MR) is 106 cm³/mol. The van der Waals surface area contributed by atoms with E-state index in [1.165, 1.54) is 23.8 Å². The molecule has 1 fully saturated rings. The molecule has 0 unspecified atom stereocenters. The fourth-order valence-corrected chi connectivity index (χ4v) is 3.46. The van der Waals surface area contributed by atoms with Crippen molar-refractivity contribution in [3.63, 3.8) is 0 Å². The minimum atomic E-state index is -0.404. The molecule has 0 aromatic heterocycles. The second kappa shape index (κ2) is 8.09. The first kappa shape index (κ1) is 18.7. The highest BCUT2D eigenvalue weighted by Crippen LogP contribution is 2.34. The minimum Gasteiger partial charge on any atom is -0.496 e. The van der Waals surface area contributed by atoms with Gasteiger partial charge in [-0.2, -0.15) is 0 Å². The fourth-order valence-electron chi connectivity index (χ4n) is 2.48. The zero-order valence-corrected chi connectivity index (χ0v) is 15.9. The number of amidine groups is 1. The Morgan fingerprint density at radius 1 is 1.11 bits per heavy atom. The Balaban J connectivity index is 1.86. The summed E-state index contributed by atoms with van der Waals surface area (Å²) in [5.74, 6) is 0.166. The van der Waals surface area contributed by atoms with E-state index >= 15 is 0 Å². The van der Waals surface area contributed by atoms with E-state index in [-0.39, 0.29) is 5.91 Å². The van der Waals surface area contributed by atoms with E-state index in [0.717, 1.165) is 5.56 Å². The normalized spacial score (nSPS) is 16.9. The number of likely N-dealkylation sites (N-methyl/N-ethyl adjacent to an activating group) is 1. The summed E-state index contributed by atoms with van der Waals surface area (Å²) >= 11 is 1.29. The Kier molecular flexibility index (Phi) is 5.61. The molecular formula is C20H18N2O4S. The molecule has 3 rings (SSSR count).